The van der Waals surface area contributed by atoms with Gasteiger partial charge in [0.25, 0.3) is 5.91 Å². The van der Waals surface area contributed by atoms with E-state index in [-0.39, 0.29) is 17.9 Å². The summed E-state index contributed by atoms with van der Waals surface area (Å²) < 4.78 is 0. The fraction of sp³-hybridized carbons (Fsp3) is 0.667. The third kappa shape index (κ3) is 3.91. The van der Waals surface area contributed by atoms with Gasteiger partial charge in [0.05, 0.1) is 11.9 Å². The first-order valence-electron chi connectivity index (χ1n) is 7.61. The van der Waals surface area contributed by atoms with Crippen molar-refractivity contribution in [2.24, 2.45) is 0 Å². The number of hydrogen-bond donors (Lipinski definition) is 2. The molecule has 0 aromatic carbocycles. The van der Waals surface area contributed by atoms with Gasteiger partial charge in [-0.2, -0.15) is 0 Å². The zero-order chi connectivity index (χ0) is 15.4. The van der Waals surface area contributed by atoms with E-state index in [1.807, 2.05) is 20.8 Å². The lowest BCUT2D eigenvalue weighted by Crippen LogP contribution is -2.37. The summed E-state index contributed by atoms with van der Waals surface area (Å²) in [5.74, 6) is 0.783. The summed E-state index contributed by atoms with van der Waals surface area (Å²) >= 11 is 0. The van der Waals surface area contributed by atoms with Gasteiger partial charge >= 0.3 is 0 Å². The van der Waals surface area contributed by atoms with E-state index >= 15 is 0 Å². The summed E-state index contributed by atoms with van der Waals surface area (Å²) in [6.07, 6.45) is 2.70. The Morgan fingerprint density at radius 3 is 2.86 bits per heavy atom. The molecule has 0 aliphatic carbocycles. The van der Waals surface area contributed by atoms with Crippen molar-refractivity contribution in [3.63, 3.8) is 0 Å². The molecule has 1 aromatic rings. The van der Waals surface area contributed by atoms with Crippen molar-refractivity contribution >= 4 is 11.6 Å². The highest BCUT2D eigenvalue weighted by Gasteiger charge is 2.24. The van der Waals surface area contributed by atoms with Gasteiger partial charge in [-0.3, -0.25) is 4.79 Å². The van der Waals surface area contributed by atoms with Gasteiger partial charge in [-0.1, -0.05) is 13.8 Å². The van der Waals surface area contributed by atoms with Gasteiger partial charge in [0, 0.05) is 25.0 Å². The van der Waals surface area contributed by atoms with E-state index in [9.17, 15) is 4.79 Å². The zero-order valence-electron chi connectivity index (χ0n) is 13.3. The summed E-state index contributed by atoms with van der Waals surface area (Å²) in [5.41, 5.74) is 1.15. The first-order chi connectivity index (χ1) is 10.0. The number of aromatic nitrogens is 2. The molecular weight excluding hydrogens is 266 g/mol. The second-order valence-electron chi connectivity index (χ2n) is 5.90. The molecule has 0 bridgehead atoms. The van der Waals surface area contributed by atoms with E-state index in [0.29, 0.717) is 17.2 Å². The van der Waals surface area contributed by atoms with Gasteiger partial charge in [-0.25, -0.2) is 9.97 Å². The van der Waals surface area contributed by atoms with Crippen LogP contribution in [0.4, 0.5) is 5.69 Å². The highest BCUT2D eigenvalue weighted by molar-refractivity contribution is 5.97. The van der Waals surface area contributed by atoms with E-state index in [0.717, 1.165) is 26.1 Å². The predicted molar refractivity (Wildman–Crippen MR) is 83.7 cm³/mol. The molecule has 0 radical (unpaired) electrons. The summed E-state index contributed by atoms with van der Waals surface area (Å²) in [4.78, 5) is 23.5. The molecule has 1 fully saturated rings. The molecule has 1 unspecified atom stereocenters. The highest BCUT2D eigenvalue weighted by atomic mass is 16.2. The molecule has 1 saturated heterocycles. The van der Waals surface area contributed by atoms with Crippen LogP contribution in [0, 0.1) is 0 Å². The summed E-state index contributed by atoms with van der Waals surface area (Å²) in [5, 5.41) is 6.24. The number of nitrogens with zero attached hydrogens (tertiary/aromatic N) is 3. The number of nitrogens with one attached hydrogen (secondary N) is 2. The normalized spacial score (nSPS) is 19.0. The molecule has 21 heavy (non-hydrogen) atoms. The maximum Gasteiger partial charge on any atom is 0.272 e. The first kappa shape index (κ1) is 15.7. The minimum atomic E-state index is -0.115. The Hall–Kier alpha value is -1.69. The van der Waals surface area contributed by atoms with Crippen molar-refractivity contribution in [3.05, 3.63) is 17.7 Å². The minimum absolute atomic E-state index is 0.115. The van der Waals surface area contributed by atoms with Crippen molar-refractivity contribution in [3.8, 4) is 0 Å². The lowest BCUT2D eigenvalue weighted by atomic mass is 10.2. The average Bonchev–Trinajstić information content (AvgIpc) is 2.84. The van der Waals surface area contributed by atoms with E-state index in [4.69, 9.17) is 0 Å². The Morgan fingerprint density at radius 2 is 2.29 bits per heavy atom. The van der Waals surface area contributed by atoms with Crippen LogP contribution in [0.3, 0.4) is 0 Å². The van der Waals surface area contributed by atoms with Crippen LogP contribution in [-0.4, -0.2) is 53.5 Å². The Balaban J connectivity index is 2.18. The van der Waals surface area contributed by atoms with Gasteiger partial charge in [0.1, 0.15) is 5.82 Å². The van der Waals surface area contributed by atoms with E-state index in [1.54, 1.807) is 6.20 Å². The molecule has 0 saturated carbocycles. The quantitative estimate of drug-likeness (QED) is 0.859. The van der Waals surface area contributed by atoms with Gasteiger partial charge in [0.15, 0.2) is 5.69 Å². The van der Waals surface area contributed by atoms with Crippen LogP contribution >= 0.6 is 0 Å². The van der Waals surface area contributed by atoms with Crippen LogP contribution in [0.2, 0.25) is 0 Å². The van der Waals surface area contributed by atoms with Crippen molar-refractivity contribution in [1.82, 2.24) is 20.2 Å². The Kier molecular flexibility index (Phi) is 5.12. The number of amides is 1. The number of anilines is 1. The van der Waals surface area contributed by atoms with Crippen molar-refractivity contribution in [2.75, 3.05) is 32.0 Å². The molecule has 1 amide bonds. The van der Waals surface area contributed by atoms with Gasteiger partial charge in [-0.05, 0) is 26.9 Å². The zero-order valence-corrected chi connectivity index (χ0v) is 13.3. The Labute approximate surface area is 126 Å². The highest BCUT2D eigenvalue weighted by Crippen LogP contribution is 2.17. The second-order valence-corrected chi connectivity index (χ2v) is 5.90. The molecule has 6 nitrogen and oxygen atoms in total. The molecule has 0 spiro atoms. The van der Waals surface area contributed by atoms with E-state index in [2.05, 4.69) is 32.5 Å². The molecule has 116 valence electrons. The number of rotatable bonds is 5. The van der Waals surface area contributed by atoms with Crippen LogP contribution in [0.1, 0.15) is 49.4 Å². The number of carbonyl (C=O) groups excluding carboxylic acids is 1. The maximum absolute atomic E-state index is 12.5. The SMILES string of the molecule is CCNc1cnc(C(C)C)nc1C(=O)NC1CCN(C)C1. The maximum atomic E-state index is 12.5. The molecule has 1 aliphatic heterocycles. The predicted octanol–water partition coefficient (Wildman–Crippen LogP) is 1.47. The van der Waals surface area contributed by atoms with Gasteiger partial charge in [0.2, 0.25) is 0 Å². The average molecular weight is 291 g/mol. The smallest absolute Gasteiger partial charge is 0.272 e. The monoisotopic (exact) mass is 291 g/mol. The van der Waals surface area contributed by atoms with E-state index in [1.165, 1.54) is 0 Å². The van der Waals surface area contributed by atoms with Gasteiger partial charge in [-0.15, -0.1) is 0 Å². The topological polar surface area (TPSA) is 70.1 Å². The molecular formula is C15H25N5O. The lowest BCUT2D eigenvalue weighted by molar-refractivity contribution is 0.0933. The molecule has 2 heterocycles. The standard InChI is InChI=1S/C15H25N5O/c1-5-16-12-8-17-14(10(2)3)19-13(12)15(21)18-11-6-7-20(4)9-11/h8,10-11,16H,5-7,9H2,1-4H3,(H,18,21). The van der Waals surface area contributed by atoms with Crippen LogP contribution in [0.15, 0.2) is 6.20 Å². The number of hydrogen-bond acceptors (Lipinski definition) is 5. The summed E-state index contributed by atoms with van der Waals surface area (Å²) in [7, 11) is 2.07. The number of carbonyl (C=O) groups is 1. The fourth-order valence-electron chi connectivity index (χ4n) is 2.47. The minimum Gasteiger partial charge on any atom is -0.382 e. The Morgan fingerprint density at radius 1 is 1.52 bits per heavy atom. The van der Waals surface area contributed by atoms with Crippen LogP contribution in [0.5, 0.6) is 0 Å². The summed E-state index contributed by atoms with van der Waals surface area (Å²) in [6, 6.07) is 0.203. The lowest BCUT2D eigenvalue weighted by Gasteiger charge is -2.16. The van der Waals surface area contributed by atoms with Crippen LogP contribution in [0.25, 0.3) is 0 Å². The fourth-order valence-corrected chi connectivity index (χ4v) is 2.47. The molecule has 1 aliphatic rings. The molecule has 2 N–H and O–H groups in total. The molecule has 1 aromatic heterocycles. The summed E-state index contributed by atoms with van der Waals surface area (Å²) in [6.45, 7) is 8.68. The number of likely N-dealkylation sites (N-methyl/N-ethyl adjacent to an activating group) is 1. The van der Waals surface area contributed by atoms with Crippen LogP contribution in [-0.2, 0) is 0 Å². The van der Waals surface area contributed by atoms with Crippen molar-refractivity contribution < 1.29 is 4.79 Å². The first-order valence-corrected chi connectivity index (χ1v) is 7.61. The second kappa shape index (κ2) is 6.85. The third-order valence-corrected chi connectivity index (χ3v) is 3.63. The molecule has 2 rings (SSSR count). The van der Waals surface area contributed by atoms with Crippen molar-refractivity contribution in [1.29, 1.82) is 0 Å². The van der Waals surface area contributed by atoms with Crippen molar-refractivity contribution in [2.45, 2.75) is 39.2 Å². The Bertz CT molecular complexity index is 503. The number of likely N-dealkylation sites (tertiary alicyclic amines) is 1. The molecule has 1 atom stereocenters. The largest absolute Gasteiger partial charge is 0.382 e. The van der Waals surface area contributed by atoms with E-state index < -0.39 is 0 Å². The van der Waals surface area contributed by atoms with Gasteiger partial charge < -0.3 is 15.5 Å². The molecule has 6 heteroatoms. The van der Waals surface area contributed by atoms with Crippen LogP contribution < -0.4 is 10.6 Å². The third-order valence-electron chi connectivity index (χ3n) is 3.63.